The van der Waals surface area contributed by atoms with Crippen LogP contribution in [0, 0.1) is 0 Å². The van der Waals surface area contributed by atoms with Crippen LogP contribution in [0.3, 0.4) is 0 Å². The number of unbranched alkanes of at least 4 members (excludes halogenated alkanes) is 1. The molecule has 0 aromatic heterocycles. The Bertz CT molecular complexity index is 766. The number of carbonyl (C=O) groups excluding carboxylic acids is 2. The third-order valence-corrected chi connectivity index (χ3v) is 5.30. The molecule has 1 heterocycles. The SMILES string of the molecule is COc1cc(/C=C2\SC(=S)N(CCCCC(=O)[O-])C2=O)cc(Cl)c1OC. The molecule has 140 valence electrons. The number of carbonyl (C=O) groups is 2. The van der Waals surface area contributed by atoms with Crippen LogP contribution in [-0.2, 0) is 9.59 Å². The smallest absolute Gasteiger partial charge is 0.266 e. The zero-order valence-corrected chi connectivity index (χ0v) is 16.6. The highest BCUT2D eigenvalue weighted by Crippen LogP contribution is 2.38. The van der Waals surface area contributed by atoms with Crippen LogP contribution < -0.4 is 14.6 Å². The van der Waals surface area contributed by atoms with Gasteiger partial charge in [-0.2, -0.15) is 0 Å². The number of ether oxygens (including phenoxy) is 2. The molecule has 0 N–H and O–H groups in total. The molecule has 0 aliphatic carbocycles. The van der Waals surface area contributed by atoms with E-state index < -0.39 is 5.97 Å². The number of aliphatic carboxylic acids is 1. The van der Waals surface area contributed by atoms with E-state index in [4.69, 9.17) is 33.3 Å². The number of carboxylic acid groups (broad SMARTS) is 1. The fourth-order valence-corrected chi connectivity index (χ4v) is 4.01. The molecule has 2 rings (SSSR count). The second-order valence-electron chi connectivity index (χ2n) is 5.40. The first-order valence-corrected chi connectivity index (χ1v) is 9.34. The van der Waals surface area contributed by atoms with Gasteiger partial charge in [-0.15, -0.1) is 0 Å². The molecule has 0 atom stereocenters. The molecule has 0 radical (unpaired) electrons. The van der Waals surface area contributed by atoms with Crippen molar-refractivity contribution >= 4 is 57.9 Å². The van der Waals surface area contributed by atoms with Crippen molar-refractivity contribution in [2.24, 2.45) is 0 Å². The fourth-order valence-electron chi connectivity index (χ4n) is 2.40. The minimum Gasteiger partial charge on any atom is -0.550 e. The number of carboxylic acids is 1. The normalized spacial score (nSPS) is 15.7. The Hall–Kier alpha value is -1.77. The number of thioether (sulfide) groups is 1. The van der Waals surface area contributed by atoms with Gasteiger partial charge in [0.2, 0.25) is 0 Å². The maximum absolute atomic E-state index is 12.5. The summed E-state index contributed by atoms with van der Waals surface area (Å²) in [5.74, 6) is -0.421. The number of hydrogen-bond acceptors (Lipinski definition) is 7. The van der Waals surface area contributed by atoms with Crippen LogP contribution in [0.2, 0.25) is 5.02 Å². The van der Waals surface area contributed by atoms with Crippen molar-refractivity contribution in [1.82, 2.24) is 4.90 Å². The lowest BCUT2D eigenvalue weighted by Gasteiger charge is -2.14. The Morgan fingerprint density at radius 3 is 2.69 bits per heavy atom. The highest BCUT2D eigenvalue weighted by molar-refractivity contribution is 8.26. The molecule has 1 aromatic carbocycles. The molecular weight excluding hydrogens is 398 g/mol. The van der Waals surface area contributed by atoms with Crippen molar-refractivity contribution in [3.05, 3.63) is 27.6 Å². The van der Waals surface area contributed by atoms with Crippen molar-refractivity contribution in [3.63, 3.8) is 0 Å². The molecule has 6 nitrogen and oxygen atoms in total. The Labute approximate surface area is 166 Å². The van der Waals surface area contributed by atoms with Gasteiger partial charge in [-0.3, -0.25) is 9.69 Å². The highest BCUT2D eigenvalue weighted by Gasteiger charge is 2.31. The second kappa shape index (κ2) is 9.25. The maximum Gasteiger partial charge on any atom is 0.266 e. The molecule has 1 aliphatic rings. The van der Waals surface area contributed by atoms with Crippen LogP contribution in [0.25, 0.3) is 6.08 Å². The quantitative estimate of drug-likeness (QED) is 0.367. The van der Waals surface area contributed by atoms with Gasteiger partial charge in [0.25, 0.3) is 5.91 Å². The highest BCUT2D eigenvalue weighted by atomic mass is 35.5. The number of thiocarbonyl (C=S) groups is 1. The van der Waals surface area contributed by atoms with Crippen LogP contribution in [0.5, 0.6) is 11.5 Å². The summed E-state index contributed by atoms with van der Waals surface area (Å²) in [5, 5.41) is 10.8. The van der Waals surface area contributed by atoms with Crippen molar-refractivity contribution < 1.29 is 24.2 Å². The summed E-state index contributed by atoms with van der Waals surface area (Å²) in [5.41, 5.74) is 0.685. The van der Waals surface area contributed by atoms with Gasteiger partial charge in [0.1, 0.15) is 4.32 Å². The third-order valence-electron chi connectivity index (χ3n) is 3.64. The summed E-state index contributed by atoms with van der Waals surface area (Å²) in [6, 6.07) is 3.40. The predicted molar refractivity (Wildman–Crippen MR) is 103 cm³/mol. The van der Waals surface area contributed by atoms with Gasteiger partial charge in [0, 0.05) is 12.5 Å². The van der Waals surface area contributed by atoms with Crippen LogP contribution >= 0.6 is 35.6 Å². The summed E-state index contributed by atoms with van der Waals surface area (Å²) in [7, 11) is 3.00. The summed E-state index contributed by atoms with van der Waals surface area (Å²) >= 11 is 12.6. The number of methoxy groups -OCH3 is 2. The summed E-state index contributed by atoms with van der Waals surface area (Å²) < 4.78 is 10.9. The van der Waals surface area contributed by atoms with Gasteiger partial charge in [0.05, 0.1) is 24.1 Å². The van der Waals surface area contributed by atoms with Crippen LogP contribution in [0.15, 0.2) is 17.0 Å². The van der Waals surface area contributed by atoms with E-state index >= 15 is 0 Å². The van der Waals surface area contributed by atoms with Crippen molar-refractivity contribution in [2.75, 3.05) is 20.8 Å². The van der Waals surface area contributed by atoms with Gasteiger partial charge < -0.3 is 19.4 Å². The fraction of sp³-hybridized carbons (Fsp3) is 0.353. The first-order chi connectivity index (χ1) is 12.4. The minimum absolute atomic E-state index is 0.0330. The summed E-state index contributed by atoms with van der Waals surface area (Å²) in [6.45, 7) is 0.377. The van der Waals surface area contributed by atoms with Crippen molar-refractivity contribution in [2.45, 2.75) is 19.3 Å². The molecule has 0 spiro atoms. The molecule has 26 heavy (non-hydrogen) atoms. The lowest BCUT2D eigenvalue weighted by Crippen LogP contribution is -2.29. The van der Waals surface area contributed by atoms with Gasteiger partial charge >= 0.3 is 0 Å². The van der Waals surface area contributed by atoms with E-state index in [9.17, 15) is 14.7 Å². The maximum atomic E-state index is 12.5. The average Bonchev–Trinajstić information content (AvgIpc) is 2.84. The third kappa shape index (κ3) is 4.90. The van der Waals surface area contributed by atoms with Crippen molar-refractivity contribution in [1.29, 1.82) is 0 Å². The average molecular weight is 415 g/mol. The zero-order chi connectivity index (χ0) is 19.3. The molecular formula is C17H17ClNO5S2-. The number of hydrogen-bond donors (Lipinski definition) is 0. The number of halogens is 1. The van der Waals surface area contributed by atoms with E-state index in [1.807, 2.05) is 0 Å². The number of amides is 1. The molecule has 0 saturated carbocycles. The van der Waals surface area contributed by atoms with Crippen LogP contribution in [-0.4, -0.2) is 41.9 Å². The second-order valence-corrected chi connectivity index (χ2v) is 7.48. The number of benzene rings is 1. The molecule has 1 amide bonds. The Balaban J connectivity index is 2.14. The van der Waals surface area contributed by atoms with E-state index in [1.54, 1.807) is 18.2 Å². The number of rotatable bonds is 8. The largest absolute Gasteiger partial charge is 0.550 e. The van der Waals surface area contributed by atoms with Gasteiger partial charge in [-0.1, -0.05) is 35.6 Å². The molecule has 1 aromatic rings. The molecule has 9 heteroatoms. The van der Waals surface area contributed by atoms with Gasteiger partial charge in [0.15, 0.2) is 11.5 Å². The standard InChI is InChI=1S/C17H18ClNO5S2/c1-23-12-8-10(7-11(18)15(12)24-2)9-13-16(22)19(17(25)26-13)6-4-3-5-14(20)21/h7-9H,3-6H2,1-2H3,(H,20,21)/p-1/b13-9-. The Kier molecular flexibility index (Phi) is 7.31. The van der Waals surface area contributed by atoms with Crippen LogP contribution in [0.4, 0.5) is 0 Å². The van der Waals surface area contributed by atoms with E-state index in [1.165, 1.54) is 30.9 Å². The Morgan fingerprint density at radius 1 is 1.35 bits per heavy atom. The molecule has 1 saturated heterocycles. The van der Waals surface area contributed by atoms with Crippen LogP contribution in [0.1, 0.15) is 24.8 Å². The topological polar surface area (TPSA) is 78.9 Å². The summed E-state index contributed by atoms with van der Waals surface area (Å²) in [4.78, 5) is 24.9. The van der Waals surface area contributed by atoms with E-state index in [2.05, 4.69) is 0 Å². The zero-order valence-electron chi connectivity index (χ0n) is 14.2. The first-order valence-electron chi connectivity index (χ1n) is 7.74. The van der Waals surface area contributed by atoms with E-state index in [-0.39, 0.29) is 12.3 Å². The summed E-state index contributed by atoms with van der Waals surface area (Å²) in [6.07, 6.45) is 2.63. The lowest BCUT2D eigenvalue weighted by molar-refractivity contribution is -0.305. The van der Waals surface area contributed by atoms with Gasteiger partial charge in [-0.25, -0.2) is 0 Å². The van der Waals surface area contributed by atoms with Crippen molar-refractivity contribution in [3.8, 4) is 11.5 Å². The monoisotopic (exact) mass is 414 g/mol. The minimum atomic E-state index is -1.10. The molecule has 0 unspecified atom stereocenters. The van der Waals surface area contributed by atoms with E-state index in [0.29, 0.717) is 50.7 Å². The predicted octanol–water partition coefficient (Wildman–Crippen LogP) is 2.48. The number of nitrogens with zero attached hydrogens (tertiary/aromatic N) is 1. The lowest BCUT2D eigenvalue weighted by atomic mass is 10.1. The molecule has 0 bridgehead atoms. The molecule has 1 fully saturated rings. The van der Waals surface area contributed by atoms with E-state index in [0.717, 1.165) is 0 Å². The first kappa shape index (κ1) is 20.5. The Morgan fingerprint density at radius 2 is 2.08 bits per heavy atom. The molecule has 1 aliphatic heterocycles. The van der Waals surface area contributed by atoms with Gasteiger partial charge in [-0.05, 0) is 43.0 Å².